The topological polar surface area (TPSA) is 55.8 Å². The highest BCUT2D eigenvalue weighted by molar-refractivity contribution is 8.18. The second-order valence-corrected chi connectivity index (χ2v) is 8.39. The second-order valence-electron chi connectivity index (χ2n) is 7.40. The van der Waals surface area contributed by atoms with E-state index in [4.69, 9.17) is 9.47 Å². The van der Waals surface area contributed by atoms with Crippen molar-refractivity contribution in [1.82, 2.24) is 4.90 Å². The molecular formula is C26H25NO4S. The van der Waals surface area contributed by atoms with Crippen molar-refractivity contribution < 1.29 is 19.1 Å². The van der Waals surface area contributed by atoms with Crippen molar-refractivity contribution in [2.45, 2.75) is 26.9 Å². The summed E-state index contributed by atoms with van der Waals surface area (Å²) in [5.41, 5.74) is 1.88. The Balaban J connectivity index is 1.56. The number of fused-ring (bicyclic) bond motifs is 1. The third kappa shape index (κ3) is 4.65. The molecule has 1 heterocycles. The highest BCUT2D eigenvalue weighted by Gasteiger charge is 2.34. The number of nitrogens with zero attached hydrogens (tertiary/aromatic N) is 1. The predicted octanol–water partition coefficient (Wildman–Crippen LogP) is 6.26. The van der Waals surface area contributed by atoms with Crippen molar-refractivity contribution in [1.29, 1.82) is 0 Å². The number of hydrogen-bond donors (Lipinski definition) is 0. The van der Waals surface area contributed by atoms with Crippen molar-refractivity contribution >= 4 is 39.8 Å². The van der Waals surface area contributed by atoms with E-state index in [1.165, 1.54) is 10.3 Å². The van der Waals surface area contributed by atoms with Gasteiger partial charge in [0.15, 0.2) is 11.5 Å². The number of benzene rings is 3. The van der Waals surface area contributed by atoms with Crippen LogP contribution in [0.5, 0.6) is 11.5 Å². The third-order valence-corrected chi connectivity index (χ3v) is 6.06. The monoisotopic (exact) mass is 447 g/mol. The molecule has 0 unspecified atom stereocenters. The normalized spacial score (nSPS) is 15.1. The fourth-order valence-corrected chi connectivity index (χ4v) is 4.51. The van der Waals surface area contributed by atoms with E-state index in [2.05, 4.69) is 24.3 Å². The van der Waals surface area contributed by atoms with Crippen LogP contribution in [0.25, 0.3) is 16.8 Å². The zero-order valence-electron chi connectivity index (χ0n) is 18.2. The molecule has 1 fully saturated rings. The predicted molar refractivity (Wildman–Crippen MR) is 129 cm³/mol. The number of carbonyl (C=O) groups is 2. The van der Waals surface area contributed by atoms with Crippen molar-refractivity contribution in [3.8, 4) is 11.5 Å². The van der Waals surface area contributed by atoms with E-state index in [1.807, 2.05) is 50.2 Å². The minimum atomic E-state index is -0.240. The molecule has 1 saturated heterocycles. The Morgan fingerprint density at radius 1 is 0.938 bits per heavy atom. The van der Waals surface area contributed by atoms with Crippen LogP contribution in [-0.4, -0.2) is 29.2 Å². The summed E-state index contributed by atoms with van der Waals surface area (Å²) in [6, 6.07) is 19.9. The molecule has 0 radical (unpaired) electrons. The smallest absolute Gasteiger partial charge is 0.293 e. The van der Waals surface area contributed by atoms with Crippen LogP contribution in [0.4, 0.5) is 4.79 Å². The maximum atomic E-state index is 12.5. The SMILES string of the molecule is CCCN1C(=O)S/C(=C/c2ccc(OCc3cccc4ccccc34)c(OCC)c2)C1=O. The highest BCUT2D eigenvalue weighted by Crippen LogP contribution is 2.35. The number of ether oxygens (including phenoxy) is 2. The summed E-state index contributed by atoms with van der Waals surface area (Å²) in [7, 11) is 0. The number of thioether (sulfide) groups is 1. The Morgan fingerprint density at radius 3 is 2.56 bits per heavy atom. The van der Waals surface area contributed by atoms with Crippen LogP contribution < -0.4 is 9.47 Å². The van der Waals surface area contributed by atoms with Crippen LogP contribution in [0, 0.1) is 0 Å². The maximum Gasteiger partial charge on any atom is 0.293 e. The first-order chi connectivity index (χ1) is 15.6. The Labute approximate surface area is 192 Å². The van der Waals surface area contributed by atoms with Crippen molar-refractivity contribution in [3.05, 3.63) is 76.7 Å². The average molecular weight is 448 g/mol. The van der Waals surface area contributed by atoms with Gasteiger partial charge >= 0.3 is 0 Å². The summed E-state index contributed by atoms with van der Waals surface area (Å²) >= 11 is 0.975. The summed E-state index contributed by atoms with van der Waals surface area (Å²) < 4.78 is 11.9. The standard InChI is InChI=1S/C26H25NO4S/c1-3-14-27-25(28)24(32-26(27)29)16-18-12-13-22(23(15-18)30-4-2)31-17-20-10-7-9-19-8-5-6-11-21(19)20/h5-13,15-16H,3-4,14,17H2,1-2H3/b24-16+. The van der Waals surface area contributed by atoms with E-state index in [1.54, 1.807) is 6.08 Å². The van der Waals surface area contributed by atoms with E-state index in [0.29, 0.717) is 36.2 Å². The van der Waals surface area contributed by atoms with E-state index in [9.17, 15) is 9.59 Å². The summed E-state index contributed by atoms with van der Waals surface area (Å²) in [4.78, 5) is 26.3. The molecule has 4 rings (SSSR count). The third-order valence-electron chi connectivity index (χ3n) is 5.15. The fraction of sp³-hybridized carbons (Fsp3) is 0.231. The second kappa shape index (κ2) is 9.92. The van der Waals surface area contributed by atoms with Gasteiger partial charge in [0, 0.05) is 6.54 Å². The Kier molecular flexibility index (Phi) is 6.81. The van der Waals surface area contributed by atoms with Crippen LogP contribution in [0.1, 0.15) is 31.4 Å². The number of hydrogen-bond acceptors (Lipinski definition) is 5. The molecule has 0 aromatic heterocycles. The lowest BCUT2D eigenvalue weighted by atomic mass is 10.1. The van der Waals surface area contributed by atoms with E-state index < -0.39 is 0 Å². The van der Waals surface area contributed by atoms with Gasteiger partial charge in [-0.1, -0.05) is 55.5 Å². The van der Waals surface area contributed by atoms with E-state index >= 15 is 0 Å². The van der Waals surface area contributed by atoms with Gasteiger partial charge < -0.3 is 9.47 Å². The van der Waals surface area contributed by atoms with Gasteiger partial charge in [-0.05, 0) is 65.2 Å². The fourth-order valence-electron chi connectivity index (χ4n) is 3.64. The van der Waals surface area contributed by atoms with Crippen molar-refractivity contribution in [2.75, 3.05) is 13.2 Å². The Bertz CT molecular complexity index is 1180. The molecule has 6 heteroatoms. The van der Waals surface area contributed by atoms with Crippen LogP contribution in [0.2, 0.25) is 0 Å². The van der Waals surface area contributed by atoms with Crippen LogP contribution in [0.3, 0.4) is 0 Å². The van der Waals surface area contributed by atoms with Gasteiger partial charge in [0.2, 0.25) is 0 Å². The molecule has 32 heavy (non-hydrogen) atoms. The number of amides is 2. The van der Waals surface area contributed by atoms with E-state index in [-0.39, 0.29) is 11.1 Å². The summed E-state index contributed by atoms with van der Waals surface area (Å²) in [6.45, 7) is 5.19. The van der Waals surface area contributed by atoms with Crippen LogP contribution in [0.15, 0.2) is 65.6 Å². The molecule has 0 spiro atoms. The van der Waals surface area contributed by atoms with Gasteiger partial charge in [-0.3, -0.25) is 14.5 Å². The van der Waals surface area contributed by atoms with Crippen molar-refractivity contribution in [3.63, 3.8) is 0 Å². The molecule has 0 bridgehead atoms. The van der Waals surface area contributed by atoms with Crippen LogP contribution in [-0.2, 0) is 11.4 Å². The first kappa shape index (κ1) is 22.0. The van der Waals surface area contributed by atoms with Gasteiger partial charge in [0.1, 0.15) is 6.61 Å². The summed E-state index contributed by atoms with van der Waals surface area (Å²) in [6.07, 6.45) is 2.47. The molecule has 5 nitrogen and oxygen atoms in total. The molecule has 1 aliphatic heterocycles. The lowest BCUT2D eigenvalue weighted by Gasteiger charge is -2.14. The van der Waals surface area contributed by atoms with E-state index in [0.717, 1.165) is 34.7 Å². The van der Waals surface area contributed by atoms with Gasteiger partial charge in [-0.2, -0.15) is 0 Å². The van der Waals surface area contributed by atoms with Gasteiger partial charge in [0.05, 0.1) is 11.5 Å². The molecule has 0 aliphatic carbocycles. The molecule has 2 amide bonds. The van der Waals surface area contributed by atoms with Gasteiger partial charge in [0.25, 0.3) is 11.1 Å². The van der Waals surface area contributed by atoms with Crippen molar-refractivity contribution in [2.24, 2.45) is 0 Å². The molecular weight excluding hydrogens is 422 g/mol. The first-order valence-electron chi connectivity index (χ1n) is 10.7. The zero-order valence-corrected chi connectivity index (χ0v) is 19.0. The largest absolute Gasteiger partial charge is 0.490 e. The lowest BCUT2D eigenvalue weighted by Crippen LogP contribution is -2.28. The molecule has 3 aromatic carbocycles. The maximum absolute atomic E-state index is 12.5. The number of rotatable bonds is 8. The Hall–Kier alpha value is -3.25. The minimum absolute atomic E-state index is 0.219. The molecule has 3 aromatic rings. The van der Waals surface area contributed by atoms with Crippen LogP contribution >= 0.6 is 11.8 Å². The molecule has 0 atom stereocenters. The lowest BCUT2D eigenvalue weighted by molar-refractivity contribution is -0.122. The van der Waals surface area contributed by atoms with Gasteiger partial charge in [-0.25, -0.2) is 0 Å². The zero-order chi connectivity index (χ0) is 22.5. The molecule has 0 N–H and O–H groups in total. The molecule has 1 aliphatic rings. The molecule has 0 saturated carbocycles. The highest BCUT2D eigenvalue weighted by atomic mass is 32.2. The minimum Gasteiger partial charge on any atom is -0.490 e. The summed E-state index contributed by atoms with van der Waals surface area (Å²) in [5, 5.41) is 2.11. The Morgan fingerprint density at radius 2 is 1.75 bits per heavy atom. The quantitative estimate of drug-likeness (QED) is 0.381. The number of carbonyl (C=O) groups excluding carboxylic acids is 2. The van der Waals surface area contributed by atoms with Gasteiger partial charge in [-0.15, -0.1) is 0 Å². The average Bonchev–Trinajstić information content (AvgIpc) is 3.06. The number of imide groups is 1. The summed E-state index contributed by atoms with van der Waals surface area (Å²) in [5.74, 6) is 1.00. The first-order valence-corrected chi connectivity index (χ1v) is 11.5. The molecule has 164 valence electrons.